The highest BCUT2D eigenvalue weighted by Gasteiger charge is 2.13. The molecule has 4 nitrogen and oxygen atoms in total. The van der Waals surface area contributed by atoms with Crippen LogP contribution >= 0.6 is 12.4 Å². The van der Waals surface area contributed by atoms with Gasteiger partial charge in [-0.25, -0.2) is 0 Å². The molecule has 1 aromatic rings. The first-order chi connectivity index (χ1) is 7.35. The number of fused-ring (bicyclic) bond motifs is 1. The monoisotopic (exact) mass is 245 g/mol. The summed E-state index contributed by atoms with van der Waals surface area (Å²) in [4.78, 5) is 0. The molecule has 0 aliphatic carbocycles. The Morgan fingerprint density at radius 3 is 2.56 bits per heavy atom. The van der Waals surface area contributed by atoms with Gasteiger partial charge in [-0.1, -0.05) is 0 Å². The van der Waals surface area contributed by atoms with Crippen LogP contribution in [-0.4, -0.2) is 27.4 Å². The van der Waals surface area contributed by atoms with Crippen LogP contribution in [0.5, 0.6) is 17.2 Å². The van der Waals surface area contributed by atoms with E-state index in [9.17, 15) is 0 Å². The highest BCUT2D eigenvalue weighted by Crippen LogP contribution is 2.35. The van der Waals surface area contributed by atoms with Crippen LogP contribution in [-0.2, 0) is 6.54 Å². The number of hydrogen-bond donors (Lipinski definition) is 1. The van der Waals surface area contributed by atoms with Gasteiger partial charge in [0.2, 0.25) is 0 Å². The second-order valence-electron chi connectivity index (χ2n) is 3.34. The third-order valence-corrected chi connectivity index (χ3v) is 2.42. The van der Waals surface area contributed by atoms with Gasteiger partial charge in [0.1, 0.15) is 12.4 Å². The molecule has 0 bridgehead atoms. The number of nitrogens with one attached hydrogen (secondary N) is 1. The van der Waals surface area contributed by atoms with Crippen molar-refractivity contribution in [1.29, 1.82) is 0 Å². The smallest absolute Gasteiger partial charge is 0.164 e. The van der Waals surface area contributed by atoms with Crippen LogP contribution in [0.1, 0.15) is 5.56 Å². The number of hydrogen-bond acceptors (Lipinski definition) is 4. The van der Waals surface area contributed by atoms with E-state index in [4.69, 9.17) is 14.2 Å². The quantitative estimate of drug-likeness (QED) is 0.859. The van der Waals surface area contributed by atoms with Crippen LogP contribution < -0.4 is 19.5 Å². The topological polar surface area (TPSA) is 39.7 Å². The molecule has 0 amide bonds. The molecule has 0 fully saturated rings. The zero-order valence-electron chi connectivity index (χ0n) is 9.41. The van der Waals surface area contributed by atoms with Crippen molar-refractivity contribution in [1.82, 2.24) is 5.32 Å². The number of methoxy groups -OCH3 is 2. The predicted octanol–water partition coefficient (Wildman–Crippen LogP) is 1.61. The van der Waals surface area contributed by atoms with Gasteiger partial charge < -0.3 is 19.5 Å². The summed E-state index contributed by atoms with van der Waals surface area (Å²) in [6.45, 7) is 2.34. The zero-order valence-corrected chi connectivity index (χ0v) is 10.2. The standard InChI is InChI=1S/C11H15NO3.ClH/c1-13-10-5-8-7-12-3-4-15-9(8)6-11(10)14-2;/h5-6,12H,3-4,7H2,1-2H3;1H. The molecule has 16 heavy (non-hydrogen) atoms. The third-order valence-electron chi connectivity index (χ3n) is 2.42. The minimum Gasteiger partial charge on any atom is -0.493 e. The molecular formula is C11H16ClNO3. The van der Waals surface area contributed by atoms with Crippen LogP contribution in [0.25, 0.3) is 0 Å². The first-order valence-corrected chi connectivity index (χ1v) is 4.93. The second-order valence-corrected chi connectivity index (χ2v) is 3.34. The fraction of sp³-hybridized carbons (Fsp3) is 0.455. The van der Waals surface area contributed by atoms with Crippen LogP contribution in [0, 0.1) is 0 Å². The van der Waals surface area contributed by atoms with Crippen molar-refractivity contribution in [2.24, 2.45) is 0 Å². The maximum Gasteiger partial charge on any atom is 0.164 e. The molecule has 0 saturated carbocycles. The van der Waals surface area contributed by atoms with Gasteiger partial charge in [0.15, 0.2) is 11.5 Å². The highest BCUT2D eigenvalue weighted by atomic mass is 35.5. The van der Waals surface area contributed by atoms with Gasteiger partial charge in [-0.15, -0.1) is 12.4 Å². The molecule has 0 aromatic heterocycles. The number of ether oxygens (including phenoxy) is 3. The normalized spacial score (nSPS) is 13.9. The zero-order chi connectivity index (χ0) is 10.7. The Morgan fingerprint density at radius 1 is 1.19 bits per heavy atom. The van der Waals surface area contributed by atoms with Crippen molar-refractivity contribution >= 4 is 12.4 Å². The lowest BCUT2D eigenvalue weighted by atomic mass is 10.1. The maximum absolute atomic E-state index is 5.59. The number of benzene rings is 1. The van der Waals surface area contributed by atoms with E-state index in [1.165, 1.54) is 0 Å². The van der Waals surface area contributed by atoms with E-state index in [1.54, 1.807) is 14.2 Å². The van der Waals surface area contributed by atoms with Gasteiger partial charge in [0.05, 0.1) is 14.2 Å². The van der Waals surface area contributed by atoms with Crippen molar-refractivity contribution in [2.45, 2.75) is 6.54 Å². The largest absolute Gasteiger partial charge is 0.493 e. The van der Waals surface area contributed by atoms with E-state index in [1.807, 2.05) is 12.1 Å². The molecule has 0 unspecified atom stereocenters. The fourth-order valence-electron chi connectivity index (χ4n) is 1.63. The summed E-state index contributed by atoms with van der Waals surface area (Å²) in [6.07, 6.45) is 0. The van der Waals surface area contributed by atoms with E-state index in [-0.39, 0.29) is 12.4 Å². The van der Waals surface area contributed by atoms with Crippen molar-refractivity contribution in [2.75, 3.05) is 27.4 Å². The second kappa shape index (κ2) is 5.82. The Hall–Kier alpha value is -1.13. The summed E-state index contributed by atoms with van der Waals surface area (Å²) >= 11 is 0. The first kappa shape index (κ1) is 12.9. The Balaban J connectivity index is 0.00000128. The Bertz CT molecular complexity index is 324. The Labute approximate surface area is 101 Å². The van der Waals surface area contributed by atoms with Crippen LogP contribution in [0.2, 0.25) is 0 Å². The summed E-state index contributed by atoms with van der Waals surface area (Å²) in [5.41, 5.74) is 1.10. The summed E-state index contributed by atoms with van der Waals surface area (Å²) in [7, 11) is 3.26. The van der Waals surface area contributed by atoms with Gasteiger partial charge in [-0.3, -0.25) is 0 Å². The molecule has 1 aliphatic heterocycles. The molecule has 1 N–H and O–H groups in total. The molecule has 0 saturated heterocycles. The average Bonchev–Trinajstić information content (AvgIpc) is 2.51. The van der Waals surface area contributed by atoms with Crippen LogP contribution in [0.4, 0.5) is 0 Å². The Morgan fingerprint density at radius 2 is 1.88 bits per heavy atom. The molecule has 2 rings (SSSR count). The van der Waals surface area contributed by atoms with E-state index in [2.05, 4.69) is 5.32 Å². The van der Waals surface area contributed by atoms with Crippen LogP contribution in [0.3, 0.4) is 0 Å². The van der Waals surface area contributed by atoms with Crippen LogP contribution in [0.15, 0.2) is 12.1 Å². The molecule has 0 spiro atoms. The highest BCUT2D eigenvalue weighted by molar-refractivity contribution is 5.85. The molecule has 0 atom stereocenters. The number of halogens is 1. The van der Waals surface area contributed by atoms with Crippen molar-refractivity contribution < 1.29 is 14.2 Å². The van der Waals surface area contributed by atoms with E-state index < -0.39 is 0 Å². The summed E-state index contributed by atoms with van der Waals surface area (Å²) in [5, 5.41) is 3.27. The third kappa shape index (κ3) is 2.51. The van der Waals surface area contributed by atoms with Crippen molar-refractivity contribution in [3.8, 4) is 17.2 Å². The number of rotatable bonds is 2. The molecule has 5 heteroatoms. The van der Waals surface area contributed by atoms with Gasteiger partial charge in [-0.2, -0.15) is 0 Å². The lowest BCUT2D eigenvalue weighted by Gasteiger charge is -2.12. The molecule has 1 heterocycles. The predicted molar refractivity (Wildman–Crippen MR) is 64.0 cm³/mol. The van der Waals surface area contributed by atoms with Gasteiger partial charge in [0.25, 0.3) is 0 Å². The van der Waals surface area contributed by atoms with Crippen molar-refractivity contribution in [3.05, 3.63) is 17.7 Å². The van der Waals surface area contributed by atoms with E-state index >= 15 is 0 Å². The molecule has 1 aliphatic rings. The summed E-state index contributed by atoms with van der Waals surface area (Å²) in [6, 6.07) is 3.83. The minimum absolute atomic E-state index is 0. The van der Waals surface area contributed by atoms with Gasteiger partial charge >= 0.3 is 0 Å². The molecule has 90 valence electrons. The maximum atomic E-state index is 5.59. The molecular weight excluding hydrogens is 230 g/mol. The Kier molecular flexibility index (Phi) is 4.71. The average molecular weight is 246 g/mol. The summed E-state index contributed by atoms with van der Waals surface area (Å²) < 4.78 is 16.0. The first-order valence-electron chi connectivity index (χ1n) is 4.93. The fourth-order valence-corrected chi connectivity index (χ4v) is 1.63. The lowest BCUT2D eigenvalue weighted by Crippen LogP contribution is -2.16. The van der Waals surface area contributed by atoms with E-state index in [0.29, 0.717) is 12.4 Å². The molecule has 1 aromatic carbocycles. The van der Waals surface area contributed by atoms with Gasteiger partial charge in [0, 0.05) is 24.7 Å². The molecule has 0 radical (unpaired) electrons. The minimum atomic E-state index is 0. The van der Waals surface area contributed by atoms with E-state index in [0.717, 1.165) is 30.2 Å². The lowest BCUT2D eigenvalue weighted by molar-refractivity contribution is 0.318. The van der Waals surface area contributed by atoms with Crippen molar-refractivity contribution in [3.63, 3.8) is 0 Å². The SMILES string of the molecule is COc1cc2c(cc1OC)OCCNC2.Cl. The summed E-state index contributed by atoms with van der Waals surface area (Å²) in [5.74, 6) is 2.32. The van der Waals surface area contributed by atoms with Gasteiger partial charge in [-0.05, 0) is 6.07 Å².